The molecule has 84 N–H and O–H groups in total. The molecule has 100 heteroatoms. The summed E-state index contributed by atoms with van der Waals surface area (Å²) in [6.45, 7) is 0. The smallest absolute Gasteiger partial charge is 0.368 e. The quantitative estimate of drug-likeness (QED) is 0.0627. The summed E-state index contributed by atoms with van der Waals surface area (Å²) in [5, 5.41) is 0. The standard InChI is InChI=1S/10C3H6N6.8H3O4P/c10*4-1-7-2(5)9-3(6)8-1;8*1-5(2,3)4/h10*(H6,4,5,6,7,8,9);8*(H3,1,2,3,4). The minimum atomic E-state index is -4.64. The fraction of sp³-hybridized carbons (Fsp3) is 0. The lowest BCUT2D eigenvalue weighted by Crippen LogP contribution is -2.05. The van der Waals surface area contributed by atoms with Crippen LogP contribution < -0.4 is 172 Å². The molecule has 0 saturated heterocycles. The molecular formula is C30H84N60O32P8. The number of phosphoric acid groups is 8. The Morgan fingerprint density at radius 3 is 0.123 bits per heavy atom. The van der Waals surface area contributed by atoms with Gasteiger partial charge in [0, 0.05) is 0 Å². The lowest BCUT2D eigenvalue weighted by Gasteiger charge is -1.93. The van der Waals surface area contributed by atoms with Gasteiger partial charge in [0.05, 0.1) is 0 Å². The summed E-state index contributed by atoms with van der Waals surface area (Å²) in [5.41, 5.74) is 154. The molecule has 10 aromatic rings. The molecule has 92 nitrogen and oxygen atoms in total. The number of nitrogens with zero attached hydrogens (tertiary/aromatic N) is 30. The van der Waals surface area contributed by atoms with Crippen LogP contribution in [0.3, 0.4) is 0 Å². The molecule has 0 bridgehead atoms. The van der Waals surface area contributed by atoms with Gasteiger partial charge in [-0.15, -0.1) is 0 Å². The third-order valence-electron chi connectivity index (χ3n) is 6.87. The molecule has 0 radical (unpaired) electrons. The molecule has 0 fully saturated rings. The molecule has 10 rings (SSSR count). The first-order valence-electron chi connectivity index (χ1n) is 28.3. The molecule has 10 aromatic heterocycles. The minimum absolute atomic E-state index is 0.0417. The van der Waals surface area contributed by atoms with E-state index in [1.165, 1.54) is 0 Å². The highest BCUT2D eigenvalue weighted by Crippen LogP contribution is 2.29. The lowest BCUT2D eigenvalue weighted by atomic mass is 10.9. The zero-order chi connectivity index (χ0) is 105. The number of nitrogen functional groups attached to an aromatic ring is 30. The van der Waals surface area contributed by atoms with Gasteiger partial charge in [0.2, 0.25) is 178 Å². The van der Waals surface area contributed by atoms with Crippen molar-refractivity contribution in [3.63, 3.8) is 0 Å². The number of anilines is 30. The van der Waals surface area contributed by atoms with Crippen molar-refractivity contribution in [1.82, 2.24) is 150 Å². The zero-order valence-corrected chi connectivity index (χ0v) is 70.5. The third kappa shape index (κ3) is 129. The Bertz CT molecular complexity index is 3790. The average Bonchev–Trinajstić information content (AvgIpc) is 0.965. The van der Waals surface area contributed by atoms with E-state index in [1.54, 1.807) is 0 Å². The Morgan fingerprint density at radius 1 is 0.0923 bits per heavy atom. The van der Waals surface area contributed by atoms with Crippen LogP contribution in [0, 0.1) is 0 Å². The van der Waals surface area contributed by atoms with Gasteiger partial charge in [0.15, 0.2) is 0 Å². The normalized spacial score (nSPS) is 10.1. The number of aromatic nitrogens is 30. The SMILES string of the molecule is Nc1nc(N)nc(N)n1.Nc1nc(N)nc(N)n1.Nc1nc(N)nc(N)n1.Nc1nc(N)nc(N)n1.Nc1nc(N)nc(N)n1.Nc1nc(N)nc(N)n1.Nc1nc(N)nc(N)n1.Nc1nc(N)nc(N)n1.Nc1nc(N)nc(N)n1.Nc1nc(N)nc(N)n1.O=P(O)(O)O.O=P(O)(O)O.O=P(O)(O)O.O=P(O)(O)O.O=P(O)(O)O.O=P(O)(O)O.O=P(O)(O)O.O=P(O)(O)O. The molecule has 0 spiro atoms. The van der Waals surface area contributed by atoms with E-state index < -0.39 is 62.6 Å². The van der Waals surface area contributed by atoms with Gasteiger partial charge in [-0.05, 0) is 0 Å². The van der Waals surface area contributed by atoms with Crippen LogP contribution in [0.4, 0.5) is 178 Å². The summed E-state index contributed by atoms with van der Waals surface area (Å²) < 4.78 is 71.1. The van der Waals surface area contributed by atoms with E-state index in [1.807, 2.05) is 0 Å². The van der Waals surface area contributed by atoms with E-state index in [9.17, 15) is 0 Å². The van der Waals surface area contributed by atoms with E-state index in [-0.39, 0.29) is 178 Å². The van der Waals surface area contributed by atoms with E-state index >= 15 is 0 Å². The molecule has 0 aliphatic heterocycles. The average molecular weight is 2050 g/mol. The number of hydrogen-bond donors (Lipinski definition) is 54. The number of nitrogens with two attached hydrogens (primary N) is 30. The summed E-state index contributed by atoms with van der Waals surface area (Å²) in [7, 11) is -37.1. The number of hydrogen-bond acceptors (Lipinski definition) is 68. The predicted octanol–water partition coefficient (Wildman–Crippen LogP) is -21.2. The zero-order valence-electron chi connectivity index (χ0n) is 63.3. The Kier molecular flexibility index (Phi) is 62.4. The van der Waals surface area contributed by atoms with Crippen LogP contribution in [-0.4, -0.2) is 267 Å². The van der Waals surface area contributed by atoms with Crippen LogP contribution in [0.1, 0.15) is 0 Å². The molecule has 0 saturated carbocycles. The molecule has 130 heavy (non-hydrogen) atoms. The van der Waals surface area contributed by atoms with Crippen molar-refractivity contribution >= 4 is 241 Å². The van der Waals surface area contributed by atoms with E-state index in [0.717, 1.165) is 0 Å². The van der Waals surface area contributed by atoms with Crippen molar-refractivity contribution in [3.8, 4) is 0 Å². The van der Waals surface area contributed by atoms with Gasteiger partial charge in [-0.3, -0.25) is 0 Å². The van der Waals surface area contributed by atoms with Crippen molar-refractivity contribution in [1.29, 1.82) is 0 Å². The van der Waals surface area contributed by atoms with Crippen molar-refractivity contribution in [2.24, 2.45) is 0 Å². The Hall–Kier alpha value is -15.0. The summed E-state index contributed by atoms with van der Waals surface area (Å²) >= 11 is 0. The van der Waals surface area contributed by atoms with Crippen molar-refractivity contribution < 1.29 is 154 Å². The molecule has 0 aliphatic carbocycles. The highest BCUT2D eigenvalue weighted by molar-refractivity contribution is 7.46. The predicted molar refractivity (Wildman–Crippen MR) is 445 cm³/mol. The first kappa shape index (κ1) is 131. The summed E-state index contributed by atoms with van der Waals surface area (Å²) in [6.07, 6.45) is 0. The highest BCUT2D eigenvalue weighted by Gasteiger charge is 2.07. The maximum absolute atomic E-state index is 8.88. The van der Waals surface area contributed by atoms with Crippen LogP contribution in [0.2, 0.25) is 0 Å². The van der Waals surface area contributed by atoms with E-state index in [2.05, 4.69) is 150 Å². The van der Waals surface area contributed by atoms with Gasteiger partial charge in [0.1, 0.15) is 0 Å². The van der Waals surface area contributed by atoms with Crippen LogP contribution >= 0.6 is 62.6 Å². The lowest BCUT2D eigenvalue weighted by molar-refractivity contribution is 0.272. The van der Waals surface area contributed by atoms with E-state index in [0.29, 0.717) is 0 Å². The topological polar surface area (TPSA) is 1790 Å². The van der Waals surface area contributed by atoms with Crippen LogP contribution in [0.15, 0.2) is 0 Å². The van der Waals surface area contributed by atoms with Gasteiger partial charge in [0.25, 0.3) is 0 Å². The van der Waals surface area contributed by atoms with Crippen molar-refractivity contribution in [3.05, 3.63) is 0 Å². The second-order valence-corrected chi connectivity index (χ2v) is 26.4. The summed E-state index contributed by atoms with van der Waals surface area (Å²) in [5.74, 6) is 1.25. The molecule has 736 valence electrons. The Morgan fingerprint density at radius 2 is 0.108 bits per heavy atom. The second-order valence-electron chi connectivity index (χ2n) is 18.2. The maximum atomic E-state index is 8.88. The molecule has 10 heterocycles. The molecule has 0 aromatic carbocycles. The van der Waals surface area contributed by atoms with Crippen LogP contribution in [0.5, 0.6) is 0 Å². The van der Waals surface area contributed by atoms with Gasteiger partial charge in [-0.2, -0.15) is 150 Å². The summed E-state index contributed by atoms with van der Waals surface area (Å²) in [4.78, 5) is 277. The molecule has 0 unspecified atom stereocenters. The van der Waals surface area contributed by atoms with Crippen molar-refractivity contribution in [2.45, 2.75) is 0 Å². The Balaban J connectivity index is -0.000000203. The van der Waals surface area contributed by atoms with Crippen molar-refractivity contribution in [2.75, 3.05) is 172 Å². The van der Waals surface area contributed by atoms with Crippen LogP contribution in [0.25, 0.3) is 0 Å². The van der Waals surface area contributed by atoms with Gasteiger partial charge in [-0.1, -0.05) is 0 Å². The first-order valence-corrected chi connectivity index (χ1v) is 40.9. The minimum Gasteiger partial charge on any atom is -0.368 e. The van der Waals surface area contributed by atoms with Gasteiger partial charge < -0.3 is 289 Å². The van der Waals surface area contributed by atoms with Crippen LogP contribution in [-0.2, 0) is 36.5 Å². The molecule has 0 atom stereocenters. The van der Waals surface area contributed by atoms with Gasteiger partial charge in [-0.25, -0.2) is 36.5 Å². The summed E-state index contributed by atoms with van der Waals surface area (Å²) in [6, 6.07) is 0. The maximum Gasteiger partial charge on any atom is 0.466 e. The van der Waals surface area contributed by atoms with Gasteiger partial charge >= 0.3 is 62.6 Å². The first-order chi connectivity index (χ1) is 57.8. The second kappa shape index (κ2) is 62.2. The molecular weight excluding hydrogens is 1960 g/mol. The monoisotopic (exact) mass is 2040 g/mol. The van der Waals surface area contributed by atoms with E-state index in [4.69, 9.17) is 326 Å². The molecule has 0 aliphatic rings. The highest BCUT2D eigenvalue weighted by atomic mass is 31.2. The fourth-order valence-electron chi connectivity index (χ4n) is 4.27. The number of rotatable bonds is 0. The largest absolute Gasteiger partial charge is 0.466 e. The fourth-order valence-corrected chi connectivity index (χ4v) is 4.27. The third-order valence-corrected chi connectivity index (χ3v) is 6.87. The Labute approximate surface area is 714 Å². The molecule has 0 amide bonds.